The molecule has 0 radical (unpaired) electrons. The van der Waals surface area contributed by atoms with Crippen molar-refractivity contribution in [2.75, 3.05) is 0 Å². The molecule has 0 aliphatic rings. The molecule has 4 heteroatoms. The minimum atomic E-state index is 0.617. The summed E-state index contributed by atoms with van der Waals surface area (Å²) in [6.07, 6.45) is 0. The average molecular weight is 611 g/mol. The van der Waals surface area contributed by atoms with Gasteiger partial charge in [0, 0.05) is 38.4 Å². The second-order valence-electron chi connectivity index (χ2n) is 12.0. The quantitative estimate of drug-likeness (QED) is 0.199. The Kier molecular flexibility index (Phi) is 6.22. The number of rotatable bonds is 4. The van der Waals surface area contributed by atoms with Gasteiger partial charge in [0.25, 0.3) is 0 Å². The van der Waals surface area contributed by atoms with E-state index in [0.29, 0.717) is 11.1 Å². The Balaban J connectivity index is 1.23. The van der Waals surface area contributed by atoms with Crippen molar-refractivity contribution in [3.63, 3.8) is 0 Å². The highest BCUT2D eigenvalue weighted by molar-refractivity contribution is 6.10. The van der Waals surface area contributed by atoms with Gasteiger partial charge < -0.3 is 9.13 Å². The number of aromatic nitrogens is 2. The number of benzene rings is 7. The third-order valence-corrected chi connectivity index (χ3v) is 9.39. The van der Waals surface area contributed by atoms with Gasteiger partial charge in [-0.25, -0.2) is 0 Å². The van der Waals surface area contributed by atoms with Gasteiger partial charge in [-0.1, -0.05) is 91.0 Å². The van der Waals surface area contributed by atoms with Crippen LogP contribution >= 0.6 is 0 Å². The average Bonchev–Trinajstić information content (AvgIpc) is 3.67. The van der Waals surface area contributed by atoms with Crippen molar-refractivity contribution in [3.05, 3.63) is 169 Å². The molecule has 2 heterocycles. The molecule has 0 aliphatic carbocycles. The fraction of sp³-hybridized carbons (Fsp3) is 0. The summed E-state index contributed by atoms with van der Waals surface area (Å²) in [6.45, 7) is 0. The van der Waals surface area contributed by atoms with Crippen molar-refractivity contribution < 1.29 is 0 Å². The maximum atomic E-state index is 10.3. The fourth-order valence-electron chi connectivity index (χ4n) is 7.28. The van der Waals surface area contributed by atoms with E-state index in [2.05, 4.69) is 143 Å². The standard InChI is InChI=1S/C44H26N4/c45-27-29-20-23-44-39(24-29)37-15-4-6-17-41(37)47(44)33-11-9-10-30(25-33)38-26-31(21-22-32(38)28-46)34-12-1-5-16-40(34)48-42-18-7-2-13-35(42)36-14-3-8-19-43(36)48/h1-26H. The molecule has 4 nitrogen and oxygen atoms in total. The van der Waals surface area contributed by atoms with Crippen LogP contribution in [-0.2, 0) is 0 Å². The lowest BCUT2D eigenvalue weighted by Crippen LogP contribution is -1.98. The molecule has 0 unspecified atom stereocenters. The Bertz CT molecular complexity index is 2760. The third-order valence-electron chi connectivity index (χ3n) is 9.39. The van der Waals surface area contributed by atoms with Crippen LogP contribution in [0.4, 0.5) is 0 Å². The number of fused-ring (bicyclic) bond motifs is 6. The second-order valence-corrected chi connectivity index (χ2v) is 12.0. The van der Waals surface area contributed by atoms with Gasteiger partial charge in [0.1, 0.15) is 0 Å². The molecule has 222 valence electrons. The summed E-state index contributed by atoms with van der Waals surface area (Å²) in [5.41, 5.74) is 11.7. The van der Waals surface area contributed by atoms with Crippen molar-refractivity contribution in [3.8, 4) is 45.8 Å². The largest absolute Gasteiger partial charge is 0.309 e. The summed E-state index contributed by atoms with van der Waals surface area (Å²) in [5.74, 6) is 0. The van der Waals surface area contributed by atoms with Gasteiger partial charge >= 0.3 is 0 Å². The molecular formula is C44H26N4. The van der Waals surface area contributed by atoms with Gasteiger partial charge in [-0.15, -0.1) is 0 Å². The first-order chi connectivity index (χ1) is 23.7. The van der Waals surface area contributed by atoms with Crippen LogP contribution in [0, 0.1) is 22.7 Å². The van der Waals surface area contributed by atoms with E-state index < -0.39 is 0 Å². The monoisotopic (exact) mass is 610 g/mol. The highest BCUT2D eigenvalue weighted by atomic mass is 15.0. The molecule has 48 heavy (non-hydrogen) atoms. The van der Waals surface area contributed by atoms with Crippen molar-refractivity contribution >= 4 is 43.6 Å². The van der Waals surface area contributed by atoms with Crippen LogP contribution in [0.15, 0.2) is 158 Å². The van der Waals surface area contributed by atoms with Crippen molar-refractivity contribution in [1.29, 1.82) is 10.5 Å². The number of nitriles is 2. The topological polar surface area (TPSA) is 57.4 Å². The summed E-state index contributed by atoms with van der Waals surface area (Å²) in [6, 6.07) is 59.0. The number of hydrogen-bond donors (Lipinski definition) is 0. The van der Waals surface area contributed by atoms with E-state index in [4.69, 9.17) is 0 Å². The zero-order valence-corrected chi connectivity index (χ0v) is 25.8. The molecule has 9 aromatic rings. The SMILES string of the molecule is N#Cc1ccc2c(c1)c1ccccc1n2-c1cccc(-c2cc(-c3ccccc3-n3c4ccccc4c4ccccc43)ccc2C#N)c1. The minimum absolute atomic E-state index is 0.617. The van der Waals surface area contributed by atoms with Crippen LogP contribution in [-0.4, -0.2) is 9.13 Å². The third kappa shape index (κ3) is 4.14. The summed E-state index contributed by atoms with van der Waals surface area (Å²) in [5, 5.41) is 24.4. The molecule has 7 aromatic carbocycles. The van der Waals surface area contributed by atoms with E-state index in [1.165, 1.54) is 10.8 Å². The van der Waals surface area contributed by atoms with Crippen molar-refractivity contribution in [2.45, 2.75) is 0 Å². The molecule has 0 amide bonds. The molecule has 0 atom stereocenters. The normalized spacial score (nSPS) is 11.3. The summed E-state index contributed by atoms with van der Waals surface area (Å²) in [4.78, 5) is 0. The Morgan fingerprint density at radius 3 is 1.71 bits per heavy atom. The molecule has 9 rings (SSSR count). The highest BCUT2D eigenvalue weighted by Gasteiger charge is 2.18. The first-order valence-electron chi connectivity index (χ1n) is 15.9. The Hall–Kier alpha value is -6.88. The number of para-hydroxylation sites is 4. The lowest BCUT2D eigenvalue weighted by molar-refractivity contribution is 1.18. The van der Waals surface area contributed by atoms with E-state index in [1.807, 2.05) is 36.4 Å². The van der Waals surface area contributed by atoms with E-state index >= 15 is 0 Å². The Morgan fingerprint density at radius 1 is 0.396 bits per heavy atom. The van der Waals surface area contributed by atoms with Gasteiger partial charge in [-0.2, -0.15) is 10.5 Å². The molecule has 0 aliphatic heterocycles. The van der Waals surface area contributed by atoms with Crippen LogP contribution in [0.3, 0.4) is 0 Å². The summed E-state index contributed by atoms with van der Waals surface area (Å²) >= 11 is 0. The molecule has 0 saturated heterocycles. The first kappa shape index (κ1) is 27.4. The number of nitrogens with zero attached hydrogens (tertiary/aromatic N) is 4. The van der Waals surface area contributed by atoms with E-state index in [9.17, 15) is 10.5 Å². The maximum absolute atomic E-state index is 10.3. The van der Waals surface area contributed by atoms with E-state index in [0.717, 1.165) is 66.5 Å². The Labute approximate surface area is 277 Å². The van der Waals surface area contributed by atoms with Crippen molar-refractivity contribution in [1.82, 2.24) is 9.13 Å². The molecule has 2 aromatic heterocycles. The molecule has 0 bridgehead atoms. The highest BCUT2D eigenvalue weighted by Crippen LogP contribution is 2.39. The van der Waals surface area contributed by atoms with E-state index in [1.54, 1.807) is 0 Å². The van der Waals surface area contributed by atoms with Gasteiger partial charge in [0.2, 0.25) is 0 Å². The van der Waals surface area contributed by atoms with Gasteiger partial charge in [0.15, 0.2) is 0 Å². The van der Waals surface area contributed by atoms with E-state index in [-0.39, 0.29) is 0 Å². The summed E-state index contributed by atoms with van der Waals surface area (Å²) in [7, 11) is 0. The fourth-order valence-corrected chi connectivity index (χ4v) is 7.28. The lowest BCUT2D eigenvalue weighted by atomic mass is 9.94. The molecule has 0 saturated carbocycles. The Morgan fingerprint density at radius 2 is 1.00 bits per heavy atom. The van der Waals surface area contributed by atoms with Gasteiger partial charge in [0.05, 0.1) is 51.0 Å². The zero-order chi connectivity index (χ0) is 32.2. The predicted octanol–water partition coefficient (Wildman–Crippen LogP) is 11.0. The molecule has 0 N–H and O–H groups in total. The second kappa shape index (κ2) is 10.9. The van der Waals surface area contributed by atoms with Gasteiger partial charge in [-0.05, 0) is 77.9 Å². The van der Waals surface area contributed by atoms with Crippen LogP contribution in [0.2, 0.25) is 0 Å². The lowest BCUT2D eigenvalue weighted by Gasteiger charge is -2.16. The molecule has 0 fully saturated rings. The predicted molar refractivity (Wildman–Crippen MR) is 195 cm³/mol. The minimum Gasteiger partial charge on any atom is -0.309 e. The maximum Gasteiger partial charge on any atom is 0.0998 e. The molecule has 0 spiro atoms. The van der Waals surface area contributed by atoms with Crippen LogP contribution in [0.1, 0.15) is 11.1 Å². The van der Waals surface area contributed by atoms with Gasteiger partial charge in [-0.3, -0.25) is 0 Å². The van der Waals surface area contributed by atoms with Crippen molar-refractivity contribution in [2.24, 2.45) is 0 Å². The zero-order valence-electron chi connectivity index (χ0n) is 25.8. The first-order valence-corrected chi connectivity index (χ1v) is 15.9. The number of hydrogen-bond acceptors (Lipinski definition) is 2. The van der Waals surface area contributed by atoms with Crippen LogP contribution in [0.5, 0.6) is 0 Å². The summed E-state index contributed by atoms with van der Waals surface area (Å²) < 4.78 is 4.58. The smallest absolute Gasteiger partial charge is 0.0998 e. The van der Waals surface area contributed by atoms with Crippen LogP contribution < -0.4 is 0 Å². The molecular weight excluding hydrogens is 585 g/mol. The van der Waals surface area contributed by atoms with Crippen LogP contribution in [0.25, 0.3) is 77.2 Å².